The fourth-order valence-corrected chi connectivity index (χ4v) is 1.75. The molecule has 1 heterocycles. The van der Waals surface area contributed by atoms with Gasteiger partial charge in [0.2, 0.25) is 0 Å². The molecule has 88 valence electrons. The average Bonchev–Trinajstić information content (AvgIpc) is 2.36. The molecular weight excluding hydrogens is 216 g/mol. The van der Waals surface area contributed by atoms with Crippen LogP contribution in [0.2, 0.25) is 0 Å². The van der Waals surface area contributed by atoms with Crippen LogP contribution in [0.25, 0.3) is 10.9 Å². The third kappa shape index (κ3) is 2.41. The second kappa shape index (κ2) is 4.91. The summed E-state index contributed by atoms with van der Waals surface area (Å²) in [4.78, 5) is 29.5. The van der Waals surface area contributed by atoms with Crippen molar-refractivity contribution in [2.75, 3.05) is 0 Å². The Kier molecular flexibility index (Phi) is 3.32. The summed E-state index contributed by atoms with van der Waals surface area (Å²) in [6.45, 7) is 2.09. The van der Waals surface area contributed by atoms with Crippen molar-refractivity contribution < 1.29 is 4.79 Å². The van der Waals surface area contributed by atoms with E-state index in [4.69, 9.17) is 0 Å². The van der Waals surface area contributed by atoms with Gasteiger partial charge in [0.05, 0.1) is 10.9 Å². The second-order valence-corrected chi connectivity index (χ2v) is 4.02. The summed E-state index contributed by atoms with van der Waals surface area (Å²) in [5.41, 5.74) is 0.960. The molecule has 0 fully saturated rings. The number of carbonyl (C=O) groups excluding carboxylic acids is 1. The topological polar surface area (TPSA) is 62.8 Å². The van der Waals surface area contributed by atoms with E-state index >= 15 is 0 Å². The van der Waals surface area contributed by atoms with E-state index in [1.807, 2.05) is 0 Å². The number of nitrogens with one attached hydrogen (secondary N) is 1. The molecule has 0 atom stereocenters. The van der Waals surface area contributed by atoms with Gasteiger partial charge in [-0.3, -0.25) is 9.59 Å². The molecule has 2 rings (SSSR count). The third-order valence-electron chi connectivity index (χ3n) is 2.69. The van der Waals surface area contributed by atoms with Gasteiger partial charge in [0.25, 0.3) is 5.56 Å². The molecule has 0 saturated carbocycles. The minimum atomic E-state index is -0.270. The number of fused-ring (bicyclic) bond motifs is 1. The number of benzene rings is 1. The third-order valence-corrected chi connectivity index (χ3v) is 2.69. The first-order chi connectivity index (χ1) is 8.24. The molecule has 1 aromatic carbocycles. The molecule has 0 aliphatic heterocycles. The molecule has 0 saturated heterocycles. The molecular formula is C13H14N2O2. The predicted octanol–water partition coefficient (Wildman–Crippen LogP) is 2.08. The zero-order valence-electron chi connectivity index (χ0n) is 9.69. The summed E-state index contributed by atoms with van der Waals surface area (Å²) in [6, 6.07) is 5.00. The molecule has 2 aromatic rings. The summed E-state index contributed by atoms with van der Waals surface area (Å²) >= 11 is 0. The minimum Gasteiger partial charge on any atom is -0.343 e. The normalized spacial score (nSPS) is 10.6. The monoisotopic (exact) mass is 230 g/mol. The number of aromatic nitrogens is 2. The van der Waals surface area contributed by atoms with Gasteiger partial charge in [-0.25, -0.2) is 0 Å². The number of unbranched alkanes of at least 4 members (excludes halogenated alkanes) is 1. The number of aldehydes is 1. The zero-order chi connectivity index (χ0) is 12.3. The van der Waals surface area contributed by atoms with Crippen molar-refractivity contribution in [2.24, 2.45) is 0 Å². The van der Waals surface area contributed by atoms with Gasteiger partial charge >= 0.3 is 0 Å². The molecule has 17 heavy (non-hydrogen) atoms. The molecule has 0 aliphatic rings. The summed E-state index contributed by atoms with van der Waals surface area (Å²) in [5.74, 6) is 0.711. The first-order valence-electron chi connectivity index (χ1n) is 5.72. The smallest absolute Gasteiger partial charge is 0.280 e. The summed E-state index contributed by atoms with van der Waals surface area (Å²) in [7, 11) is 0. The molecule has 0 bridgehead atoms. The van der Waals surface area contributed by atoms with E-state index < -0.39 is 0 Å². The molecule has 0 spiro atoms. The van der Waals surface area contributed by atoms with Crippen molar-refractivity contribution in [2.45, 2.75) is 26.2 Å². The lowest BCUT2D eigenvalue weighted by Gasteiger charge is -2.02. The number of nitrogens with zero attached hydrogens (tertiary/aromatic N) is 1. The van der Waals surface area contributed by atoms with Gasteiger partial charge in [-0.1, -0.05) is 13.3 Å². The van der Waals surface area contributed by atoms with Gasteiger partial charge in [0.15, 0.2) is 0 Å². The van der Waals surface area contributed by atoms with Crippen molar-refractivity contribution in [1.82, 2.24) is 9.97 Å². The summed E-state index contributed by atoms with van der Waals surface area (Å²) < 4.78 is 0. The van der Waals surface area contributed by atoms with Gasteiger partial charge in [-0.05, 0) is 24.6 Å². The van der Waals surface area contributed by atoms with Crippen LogP contribution in [0.4, 0.5) is 0 Å². The van der Waals surface area contributed by atoms with Crippen molar-refractivity contribution in [3.63, 3.8) is 0 Å². The lowest BCUT2D eigenvalue weighted by atomic mass is 10.1. The standard InChI is InChI=1S/C13H14N2O2/c1-2-3-4-12-14-11-6-5-9(8-16)7-10(11)13(17)15-12/h5-8H,2-4H2,1H3,(H,14,15,17). The fourth-order valence-electron chi connectivity index (χ4n) is 1.75. The Morgan fingerprint density at radius 1 is 1.41 bits per heavy atom. The van der Waals surface area contributed by atoms with E-state index in [2.05, 4.69) is 16.9 Å². The van der Waals surface area contributed by atoms with Crippen molar-refractivity contribution in [3.8, 4) is 0 Å². The van der Waals surface area contributed by atoms with Crippen LogP contribution in [0.15, 0.2) is 23.0 Å². The lowest BCUT2D eigenvalue weighted by Crippen LogP contribution is -2.12. The van der Waals surface area contributed by atoms with Gasteiger partial charge in [-0.15, -0.1) is 0 Å². The molecule has 1 aromatic heterocycles. The Morgan fingerprint density at radius 2 is 2.24 bits per heavy atom. The van der Waals surface area contributed by atoms with Crippen LogP contribution in [-0.4, -0.2) is 16.3 Å². The maximum Gasteiger partial charge on any atom is 0.280 e. The minimum absolute atomic E-state index is 0.270. The Bertz CT molecular complexity index is 602. The van der Waals surface area contributed by atoms with E-state index in [9.17, 15) is 9.59 Å². The van der Waals surface area contributed by atoms with Crippen LogP contribution in [0.3, 0.4) is 0 Å². The summed E-state index contributed by atoms with van der Waals surface area (Å²) in [5, 5.41) is 0.467. The zero-order valence-corrected chi connectivity index (χ0v) is 9.69. The van der Waals surface area contributed by atoms with Crippen LogP contribution < -0.4 is 5.56 Å². The number of aryl methyl sites for hydroxylation is 1. The maximum absolute atomic E-state index is 11.8. The van der Waals surface area contributed by atoms with E-state index in [0.717, 1.165) is 31.1 Å². The largest absolute Gasteiger partial charge is 0.343 e. The van der Waals surface area contributed by atoms with E-state index in [1.165, 1.54) is 0 Å². The van der Waals surface area contributed by atoms with E-state index in [1.54, 1.807) is 18.2 Å². The molecule has 4 nitrogen and oxygen atoms in total. The van der Waals surface area contributed by atoms with Crippen molar-refractivity contribution in [3.05, 3.63) is 39.9 Å². The molecule has 4 heteroatoms. The van der Waals surface area contributed by atoms with Crippen molar-refractivity contribution in [1.29, 1.82) is 0 Å². The highest BCUT2D eigenvalue weighted by Crippen LogP contribution is 2.09. The molecule has 0 amide bonds. The van der Waals surface area contributed by atoms with Crippen LogP contribution in [0.1, 0.15) is 35.9 Å². The van der Waals surface area contributed by atoms with Crippen LogP contribution in [0.5, 0.6) is 0 Å². The van der Waals surface area contributed by atoms with E-state index in [0.29, 0.717) is 16.8 Å². The molecule has 0 radical (unpaired) electrons. The van der Waals surface area contributed by atoms with Crippen LogP contribution in [0, 0.1) is 0 Å². The lowest BCUT2D eigenvalue weighted by molar-refractivity contribution is 0.112. The Hall–Kier alpha value is -1.97. The number of carbonyl (C=O) groups is 1. The first-order valence-corrected chi connectivity index (χ1v) is 5.72. The quantitative estimate of drug-likeness (QED) is 0.818. The second-order valence-electron chi connectivity index (χ2n) is 4.02. The molecule has 0 unspecified atom stereocenters. The highest BCUT2D eigenvalue weighted by molar-refractivity contribution is 5.86. The SMILES string of the molecule is CCCCc1nc(=O)c2cc(C=O)ccc2[nH]1. The molecule has 0 aliphatic carbocycles. The highest BCUT2D eigenvalue weighted by Gasteiger charge is 2.04. The van der Waals surface area contributed by atoms with Gasteiger partial charge in [0.1, 0.15) is 12.1 Å². The number of H-pyrrole nitrogens is 1. The van der Waals surface area contributed by atoms with Gasteiger partial charge < -0.3 is 4.98 Å². The van der Waals surface area contributed by atoms with Crippen LogP contribution >= 0.6 is 0 Å². The maximum atomic E-state index is 11.8. The predicted molar refractivity (Wildman–Crippen MR) is 66.4 cm³/mol. The number of aromatic amines is 1. The number of rotatable bonds is 4. The Morgan fingerprint density at radius 3 is 2.94 bits per heavy atom. The van der Waals surface area contributed by atoms with Crippen LogP contribution in [-0.2, 0) is 6.42 Å². The average molecular weight is 230 g/mol. The van der Waals surface area contributed by atoms with Gasteiger partial charge in [-0.2, -0.15) is 4.98 Å². The van der Waals surface area contributed by atoms with Crippen molar-refractivity contribution >= 4 is 17.2 Å². The van der Waals surface area contributed by atoms with E-state index in [-0.39, 0.29) is 5.56 Å². The molecule has 1 N–H and O–H groups in total. The summed E-state index contributed by atoms with van der Waals surface area (Å²) in [6.07, 6.45) is 3.56. The van der Waals surface area contributed by atoms with Gasteiger partial charge in [0, 0.05) is 12.0 Å². The fraction of sp³-hybridized carbons (Fsp3) is 0.308. The highest BCUT2D eigenvalue weighted by atomic mass is 16.1. The Labute approximate surface area is 98.7 Å². The Balaban J connectivity index is 2.52. The number of hydrogen-bond donors (Lipinski definition) is 1. The first kappa shape index (κ1) is 11.5. The number of hydrogen-bond acceptors (Lipinski definition) is 3.